The number of hydrogen-bond donors (Lipinski definition) is 2. The van der Waals surface area contributed by atoms with Gasteiger partial charge < -0.3 is 15.5 Å². The van der Waals surface area contributed by atoms with Crippen LogP contribution in [-0.4, -0.2) is 43.2 Å². The lowest BCUT2D eigenvalue weighted by atomic mass is 9.97. The van der Waals surface area contributed by atoms with Crippen molar-refractivity contribution in [1.82, 2.24) is 15.5 Å². The molecule has 1 saturated heterocycles. The van der Waals surface area contributed by atoms with Crippen LogP contribution >= 0.6 is 0 Å². The summed E-state index contributed by atoms with van der Waals surface area (Å²) in [4.78, 5) is 14.4. The summed E-state index contributed by atoms with van der Waals surface area (Å²) in [5, 5.41) is 6.07. The fourth-order valence-corrected chi connectivity index (χ4v) is 3.63. The average molecular weight is 307 g/mol. The number of carbonyl (C=O) groups excluding carboxylic acids is 1. The van der Waals surface area contributed by atoms with Crippen molar-refractivity contribution in [3.63, 3.8) is 0 Å². The number of rotatable bonds is 6. The van der Waals surface area contributed by atoms with Gasteiger partial charge in [0.05, 0.1) is 0 Å². The molecule has 2 N–H and O–H groups in total. The number of nitrogens with one attached hydrogen (secondary N) is 2. The quantitative estimate of drug-likeness (QED) is 0.740. The monoisotopic (exact) mass is 307 g/mol. The first-order valence-corrected chi connectivity index (χ1v) is 9.08. The van der Waals surface area contributed by atoms with E-state index in [4.69, 9.17) is 0 Å². The van der Waals surface area contributed by atoms with E-state index in [1.165, 1.54) is 57.2 Å². The number of piperidine rings is 1. The summed E-state index contributed by atoms with van der Waals surface area (Å²) in [5.41, 5.74) is 1.52. The maximum atomic E-state index is 11.9. The zero-order valence-electron chi connectivity index (χ0n) is 14.4. The van der Waals surface area contributed by atoms with Gasteiger partial charge in [0.15, 0.2) is 0 Å². The van der Waals surface area contributed by atoms with Gasteiger partial charge in [-0.25, -0.2) is 4.79 Å². The second-order valence-electron chi connectivity index (χ2n) is 7.17. The minimum Gasteiger partial charge on any atom is -0.338 e. The van der Waals surface area contributed by atoms with Crippen LogP contribution in [-0.2, 0) is 0 Å². The molecule has 2 rings (SSSR count). The topological polar surface area (TPSA) is 44.4 Å². The van der Waals surface area contributed by atoms with Crippen molar-refractivity contribution in [2.45, 2.75) is 64.8 Å². The Morgan fingerprint density at radius 1 is 1.41 bits per heavy atom. The van der Waals surface area contributed by atoms with Crippen molar-refractivity contribution < 1.29 is 4.79 Å². The fourth-order valence-electron chi connectivity index (χ4n) is 3.63. The van der Waals surface area contributed by atoms with Gasteiger partial charge in [0.25, 0.3) is 0 Å². The number of nitrogens with zero attached hydrogens (tertiary/aromatic N) is 1. The predicted molar refractivity (Wildman–Crippen MR) is 92.0 cm³/mol. The van der Waals surface area contributed by atoms with Crippen molar-refractivity contribution in [2.24, 2.45) is 5.92 Å². The molecule has 1 aliphatic heterocycles. The molecular formula is C18H33N3O. The van der Waals surface area contributed by atoms with E-state index in [0.717, 1.165) is 25.4 Å². The van der Waals surface area contributed by atoms with Gasteiger partial charge in [-0.1, -0.05) is 18.6 Å². The molecule has 1 heterocycles. The molecule has 1 fully saturated rings. The van der Waals surface area contributed by atoms with E-state index >= 15 is 0 Å². The van der Waals surface area contributed by atoms with Gasteiger partial charge in [-0.05, 0) is 64.3 Å². The van der Waals surface area contributed by atoms with E-state index in [2.05, 4.69) is 35.5 Å². The molecule has 4 heteroatoms. The Labute approximate surface area is 135 Å². The number of allylic oxidation sites excluding steroid dienone is 1. The van der Waals surface area contributed by atoms with Gasteiger partial charge >= 0.3 is 6.03 Å². The Morgan fingerprint density at radius 3 is 3.00 bits per heavy atom. The summed E-state index contributed by atoms with van der Waals surface area (Å²) in [6.45, 7) is 8.47. The first-order chi connectivity index (χ1) is 10.6. The van der Waals surface area contributed by atoms with Crippen LogP contribution in [0.1, 0.15) is 58.8 Å². The molecule has 2 aliphatic rings. The third-order valence-electron chi connectivity index (χ3n) is 4.77. The summed E-state index contributed by atoms with van der Waals surface area (Å²) in [7, 11) is 0. The lowest BCUT2D eigenvalue weighted by molar-refractivity contribution is 0.169. The molecule has 22 heavy (non-hydrogen) atoms. The SMILES string of the molecule is CC1CCCN(CC(C)NC(=O)NCCC2=CCCCC2)C1. The predicted octanol–water partition coefficient (Wildman–Crippen LogP) is 3.30. The molecule has 2 atom stereocenters. The number of likely N-dealkylation sites (tertiary alicyclic amines) is 1. The molecule has 0 aromatic carbocycles. The molecule has 0 aromatic heterocycles. The summed E-state index contributed by atoms with van der Waals surface area (Å²) < 4.78 is 0. The molecule has 0 spiro atoms. The van der Waals surface area contributed by atoms with Gasteiger partial charge in [-0.15, -0.1) is 0 Å². The minimum atomic E-state index is -0.0195. The van der Waals surface area contributed by atoms with Gasteiger partial charge in [0.2, 0.25) is 0 Å². The van der Waals surface area contributed by atoms with Gasteiger partial charge in [-0.3, -0.25) is 0 Å². The lowest BCUT2D eigenvalue weighted by Gasteiger charge is -2.32. The maximum absolute atomic E-state index is 11.9. The molecule has 0 saturated carbocycles. The first kappa shape index (κ1) is 17.3. The first-order valence-electron chi connectivity index (χ1n) is 9.08. The Bertz CT molecular complexity index is 381. The van der Waals surface area contributed by atoms with Crippen LogP contribution in [0.3, 0.4) is 0 Å². The van der Waals surface area contributed by atoms with Crippen LogP contribution in [0.25, 0.3) is 0 Å². The van der Waals surface area contributed by atoms with Crippen LogP contribution in [0.5, 0.6) is 0 Å². The second kappa shape index (κ2) is 9.19. The Morgan fingerprint density at radius 2 is 2.27 bits per heavy atom. The Balaban J connectivity index is 1.58. The molecule has 0 aromatic rings. The zero-order chi connectivity index (χ0) is 15.8. The van der Waals surface area contributed by atoms with Crippen LogP contribution in [0.4, 0.5) is 4.79 Å². The van der Waals surface area contributed by atoms with Crippen molar-refractivity contribution in [3.8, 4) is 0 Å². The highest BCUT2D eigenvalue weighted by molar-refractivity contribution is 5.74. The van der Waals surface area contributed by atoms with E-state index in [0.29, 0.717) is 0 Å². The van der Waals surface area contributed by atoms with Crippen LogP contribution in [0.2, 0.25) is 0 Å². The van der Waals surface area contributed by atoms with E-state index < -0.39 is 0 Å². The number of amides is 2. The number of carbonyl (C=O) groups is 1. The van der Waals surface area contributed by atoms with E-state index in [-0.39, 0.29) is 12.1 Å². The number of urea groups is 1. The molecular weight excluding hydrogens is 274 g/mol. The van der Waals surface area contributed by atoms with Gasteiger partial charge in [0, 0.05) is 25.7 Å². The molecule has 0 bridgehead atoms. The van der Waals surface area contributed by atoms with Crippen LogP contribution in [0, 0.1) is 5.92 Å². The van der Waals surface area contributed by atoms with Crippen LogP contribution in [0.15, 0.2) is 11.6 Å². The fraction of sp³-hybridized carbons (Fsp3) is 0.833. The third kappa shape index (κ3) is 6.39. The van der Waals surface area contributed by atoms with Gasteiger partial charge in [0.1, 0.15) is 0 Å². The summed E-state index contributed by atoms with van der Waals surface area (Å²) in [6.07, 6.45) is 11.0. The highest BCUT2D eigenvalue weighted by Crippen LogP contribution is 2.19. The molecule has 0 radical (unpaired) electrons. The summed E-state index contributed by atoms with van der Waals surface area (Å²) >= 11 is 0. The largest absolute Gasteiger partial charge is 0.338 e. The standard InChI is InChI=1S/C18H33N3O/c1-15-7-6-12-21(13-15)14-16(2)20-18(22)19-11-10-17-8-4-3-5-9-17/h8,15-16H,3-7,9-14H2,1-2H3,(H2,19,20,22). The van der Waals surface area contributed by atoms with E-state index in [9.17, 15) is 4.79 Å². The lowest BCUT2D eigenvalue weighted by Crippen LogP contribution is -2.48. The van der Waals surface area contributed by atoms with Crippen molar-refractivity contribution in [1.29, 1.82) is 0 Å². The average Bonchev–Trinajstić information content (AvgIpc) is 2.48. The summed E-state index contributed by atoms with van der Waals surface area (Å²) in [5.74, 6) is 0.790. The highest BCUT2D eigenvalue weighted by atomic mass is 16.2. The molecule has 2 unspecified atom stereocenters. The third-order valence-corrected chi connectivity index (χ3v) is 4.77. The molecule has 1 aliphatic carbocycles. The van der Waals surface area contributed by atoms with Crippen molar-refractivity contribution >= 4 is 6.03 Å². The van der Waals surface area contributed by atoms with Crippen LogP contribution < -0.4 is 10.6 Å². The molecule has 2 amide bonds. The minimum absolute atomic E-state index is 0.0195. The van der Waals surface area contributed by atoms with Gasteiger partial charge in [-0.2, -0.15) is 0 Å². The second-order valence-corrected chi connectivity index (χ2v) is 7.17. The smallest absolute Gasteiger partial charge is 0.315 e. The maximum Gasteiger partial charge on any atom is 0.315 e. The Hall–Kier alpha value is -1.03. The van der Waals surface area contributed by atoms with Crippen molar-refractivity contribution in [3.05, 3.63) is 11.6 Å². The molecule has 4 nitrogen and oxygen atoms in total. The van der Waals surface area contributed by atoms with E-state index in [1.54, 1.807) is 0 Å². The zero-order valence-corrected chi connectivity index (χ0v) is 14.4. The normalized spacial score (nSPS) is 24.5. The Kier molecular flexibility index (Phi) is 7.23. The summed E-state index contributed by atoms with van der Waals surface area (Å²) in [6, 6.07) is 0.188. The number of hydrogen-bond acceptors (Lipinski definition) is 2. The van der Waals surface area contributed by atoms with Crippen molar-refractivity contribution in [2.75, 3.05) is 26.2 Å². The van der Waals surface area contributed by atoms with E-state index in [1.807, 2.05) is 0 Å². The molecule has 126 valence electrons. The highest BCUT2D eigenvalue weighted by Gasteiger charge is 2.18.